The predicted molar refractivity (Wildman–Crippen MR) is 105 cm³/mol. The Morgan fingerprint density at radius 1 is 1.27 bits per heavy atom. The van der Waals surface area contributed by atoms with Crippen LogP contribution < -0.4 is 10.1 Å². The zero-order valence-corrected chi connectivity index (χ0v) is 16.8. The van der Waals surface area contributed by atoms with Gasteiger partial charge in [0.15, 0.2) is 6.10 Å². The van der Waals surface area contributed by atoms with Crippen molar-refractivity contribution in [2.24, 2.45) is 0 Å². The van der Waals surface area contributed by atoms with E-state index in [1.807, 2.05) is 18.2 Å². The molecule has 1 amide bonds. The Morgan fingerprint density at radius 3 is 2.62 bits per heavy atom. The van der Waals surface area contributed by atoms with E-state index in [1.54, 1.807) is 6.92 Å². The van der Waals surface area contributed by atoms with E-state index >= 15 is 0 Å². The number of carbonyl (C=O) groups excluding carboxylic acids is 1. The van der Waals surface area contributed by atoms with E-state index in [2.05, 4.69) is 44.0 Å². The summed E-state index contributed by atoms with van der Waals surface area (Å²) >= 11 is 0. The Bertz CT molecular complexity index is 566. The smallest absolute Gasteiger partial charge is 0.260 e. The zero-order chi connectivity index (χ0) is 19.1. The van der Waals surface area contributed by atoms with Crippen LogP contribution in [0.15, 0.2) is 24.3 Å². The van der Waals surface area contributed by atoms with Crippen molar-refractivity contribution in [3.8, 4) is 5.75 Å². The van der Waals surface area contributed by atoms with Crippen LogP contribution in [0, 0.1) is 0 Å². The standard InChI is InChI=1S/C21H34N2O3/c1-15(2)19-8-6-9-20(12-19)26-18(5)21(24)22-10-7-11-23-13-16(3)25-17(4)14-23/h6,8-9,12,15-18H,7,10-11,13-14H2,1-5H3,(H,22,24). The lowest BCUT2D eigenvalue weighted by molar-refractivity contribution is -0.127. The summed E-state index contributed by atoms with van der Waals surface area (Å²) < 4.78 is 11.5. The van der Waals surface area contributed by atoms with Crippen molar-refractivity contribution in [2.45, 2.75) is 65.3 Å². The SMILES string of the molecule is CC1CN(CCCNC(=O)C(C)Oc2cccc(C(C)C)c2)CC(C)O1. The third-order valence-electron chi connectivity index (χ3n) is 4.65. The molecule has 1 heterocycles. The molecule has 146 valence electrons. The van der Waals surface area contributed by atoms with Crippen LogP contribution in [-0.2, 0) is 9.53 Å². The van der Waals surface area contributed by atoms with Crippen LogP contribution >= 0.6 is 0 Å². The van der Waals surface area contributed by atoms with Crippen LogP contribution in [0.25, 0.3) is 0 Å². The van der Waals surface area contributed by atoms with Crippen LogP contribution in [0.1, 0.15) is 52.5 Å². The number of rotatable bonds is 8. The van der Waals surface area contributed by atoms with Crippen LogP contribution in [-0.4, -0.2) is 55.3 Å². The summed E-state index contributed by atoms with van der Waals surface area (Å²) in [6, 6.07) is 7.96. The normalized spacial score (nSPS) is 22.2. The number of hydrogen-bond acceptors (Lipinski definition) is 4. The van der Waals surface area contributed by atoms with Gasteiger partial charge in [0.1, 0.15) is 5.75 Å². The topological polar surface area (TPSA) is 50.8 Å². The Kier molecular flexibility index (Phi) is 7.91. The first-order chi connectivity index (χ1) is 12.3. The second kappa shape index (κ2) is 9.93. The molecule has 3 atom stereocenters. The molecule has 1 aromatic rings. The van der Waals surface area contributed by atoms with Crippen molar-refractivity contribution in [1.82, 2.24) is 10.2 Å². The first kappa shape index (κ1) is 20.7. The third kappa shape index (κ3) is 6.61. The first-order valence-electron chi connectivity index (χ1n) is 9.77. The molecule has 1 aliphatic rings. The molecule has 3 unspecified atom stereocenters. The molecule has 1 fully saturated rings. The number of morpholine rings is 1. The van der Waals surface area contributed by atoms with E-state index in [0.29, 0.717) is 12.5 Å². The van der Waals surface area contributed by atoms with Crippen molar-refractivity contribution >= 4 is 5.91 Å². The molecule has 0 spiro atoms. The number of amides is 1. The average Bonchev–Trinajstić information content (AvgIpc) is 2.57. The number of carbonyl (C=O) groups is 1. The minimum Gasteiger partial charge on any atom is -0.481 e. The average molecular weight is 363 g/mol. The monoisotopic (exact) mass is 362 g/mol. The van der Waals surface area contributed by atoms with Gasteiger partial charge >= 0.3 is 0 Å². The zero-order valence-electron chi connectivity index (χ0n) is 16.8. The van der Waals surface area contributed by atoms with Crippen molar-refractivity contribution in [1.29, 1.82) is 0 Å². The highest BCUT2D eigenvalue weighted by atomic mass is 16.5. The Labute approximate surface area is 158 Å². The van der Waals surface area contributed by atoms with Gasteiger partial charge in [-0.25, -0.2) is 0 Å². The van der Waals surface area contributed by atoms with E-state index in [1.165, 1.54) is 5.56 Å². The summed E-state index contributed by atoms with van der Waals surface area (Å²) in [6.07, 6.45) is 0.994. The van der Waals surface area contributed by atoms with E-state index in [4.69, 9.17) is 9.47 Å². The summed E-state index contributed by atoms with van der Waals surface area (Å²) in [7, 11) is 0. The lowest BCUT2D eigenvalue weighted by Gasteiger charge is -2.35. The molecule has 5 heteroatoms. The number of nitrogens with zero attached hydrogens (tertiary/aromatic N) is 1. The molecule has 0 saturated carbocycles. The van der Waals surface area contributed by atoms with Gasteiger partial charge < -0.3 is 14.8 Å². The molecule has 2 rings (SSSR count). The van der Waals surface area contributed by atoms with Gasteiger partial charge in [-0.3, -0.25) is 9.69 Å². The lowest BCUT2D eigenvalue weighted by Crippen LogP contribution is -2.46. The molecule has 0 aliphatic carbocycles. The number of hydrogen-bond donors (Lipinski definition) is 1. The van der Waals surface area contributed by atoms with Crippen molar-refractivity contribution in [2.75, 3.05) is 26.2 Å². The predicted octanol–water partition coefficient (Wildman–Crippen LogP) is 3.19. The van der Waals surface area contributed by atoms with Gasteiger partial charge in [-0.15, -0.1) is 0 Å². The largest absolute Gasteiger partial charge is 0.481 e. The summed E-state index contributed by atoms with van der Waals surface area (Å²) in [5.74, 6) is 1.12. The van der Waals surface area contributed by atoms with Crippen molar-refractivity contribution < 1.29 is 14.3 Å². The maximum atomic E-state index is 12.3. The molecular formula is C21H34N2O3. The summed E-state index contributed by atoms with van der Waals surface area (Å²) in [5, 5.41) is 2.98. The van der Waals surface area contributed by atoms with E-state index < -0.39 is 6.10 Å². The summed E-state index contributed by atoms with van der Waals surface area (Å²) in [4.78, 5) is 14.7. The molecule has 26 heavy (non-hydrogen) atoms. The van der Waals surface area contributed by atoms with Gasteiger partial charge in [-0.2, -0.15) is 0 Å². The van der Waals surface area contributed by atoms with Crippen LogP contribution in [0.2, 0.25) is 0 Å². The Hall–Kier alpha value is -1.59. The third-order valence-corrected chi connectivity index (χ3v) is 4.65. The molecule has 0 bridgehead atoms. The molecule has 5 nitrogen and oxygen atoms in total. The summed E-state index contributed by atoms with van der Waals surface area (Å²) in [6.45, 7) is 13.9. The van der Waals surface area contributed by atoms with Gasteiger partial charge in [0, 0.05) is 26.2 Å². The fourth-order valence-corrected chi connectivity index (χ4v) is 3.33. The number of ether oxygens (including phenoxy) is 2. The van der Waals surface area contributed by atoms with Gasteiger partial charge in [0.05, 0.1) is 12.2 Å². The molecule has 1 N–H and O–H groups in total. The highest BCUT2D eigenvalue weighted by Crippen LogP contribution is 2.21. The van der Waals surface area contributed by atoms with Crippen molar-refractivity contribution in [3.63, 3.8) is 0 Å². The van der Waals surface area contributed by atoms with Crippen molar-refractivity contribution in [3.05, 3.63) is 29.8 Å². The fourth-order valence-electron chi connectivity index (χ4n) is 3.33. The van der Waals surface area contributed by atoms with Gasteiger partial charge in [0.25, 0.3) is 5.91 Å². The highest BCUT2D eigenvalue weighted by molar-refractivity contribution is 5.80. The van der Waals surface area contributed by atoms with E-state index in [9.17, 15) is 4.79 Å². The Balaban J connectivity index is 1.69. The molecule has 0 aromatic heterocycles. The second-order valence-corrected chi connectivity index (χ2v) is 7.65. The number of benzene rings is 1. The van der Waals surface area contributed by atoms with Gasteiger partial charge in [0.2, 0.25) is 0 Å². The van der Waals surface area contributed by atoms with Gasteiger partial charge in [-0.1, -0.05) is 26.0 Å². The highest BCUT2D eigenvalue weighted by Gasteiger charge is 2.21. The van der Waals surface area contributed by atoms with E-state index in [0.717, 1.165) is 31.8 Å². The molecule has 1 aromatic carbocycles. The van der Waals surface area contributed by atoms with Crippen LogP contribution in [0.3, 0.4) is 0 Å². The second-order valence-electron chi connectivity index (χ2n) is 7.65. The molecule has 1 aliphatic heterocycles. The molecule has 1 saturated heterocycles. The molecular weight excluding hydrogens is 328 g/mol. The maximum absolute atomic E-state index is 12.3. The summed E-state index contributed by atoms with van der Waals surface area (Å²) in [5.41, 5.74) is 1.21. The van der Waals surface area contributed by atoms with Gasteiger partial charge in [-0.05, 0) is 50.8 Å². The van der Waals surface area contributed by atoms with Crippen LogP contribution in [0.5, 0.6) is 5.75 Å². The van der Waals surface area contributed by atoms with E-state index in [-0.39, 0.29) is 18.1 Å². The minimum absolute atomic E-state index is 0.0661. The Morgan fingerprint density at radius 2 is 1.96 bits per heavy atom. The van der Waals surface area contributed by atoms with Crippen LogP contribution in [0.4, 0.5) is 0 Å². The first-order valence-corrected chi connectivity index (χ1v) is 9.77. The lowest BCUT2D eigenvalue weighted by atomic mass is 10.0. The quantitative estimate of drug-likeness (QED) is 0.722. The number of nitrogens with one attached hydrogen (secondary N) is 1. The maximum Gasteiger partial charge on any atom is 0.260 e. The molecule has 0 radical (unpaired) electrons. The minimum atomic E-state index is -0.499. The fraction of sp³-hybridized carbons (Fsp3) is 0.667.